The van der Waals surface area contributed by atoms with Gasteiger partial charge < -0.3 is 10.0 Å². The summed E-state index contributed by atoms with van der Waals surface area (Å²) in [5, 5.41) is 8.81. The molecule has 0 bridgehead atoms. The number of nitrogens with zero attached hydrogens (tertiary/aromatic N) is 1. The van der Waals surface area contributed by atoms with Crippen molar-refractivity contribution in [2.75, 3.05) is 18.0 Å². The summed E-state index contributed by atoms with van der Waals surface area (Å²) in [6.45, 7) is 4.15. The molecule has 0 amide bonds. The van der Waals surface area contributed by atoms with Crippen molar-refractivity contribution in [3.63, 3.8) is 0 Å². The fourth-order valence-electron chi connectivity index (χ4n) is 1.33. The topological polar surface area (TPSA) is 40.5 Å². The zero-order chi connectivity index (χ0) is 12.0. The minimum Gasteiger partial charge on any atom is -0.480 e. The third-order valence-electron chi connectivity index (χ3n) is 2.17. The molecule has 0 fully saturated rings. The molecule has 0 saturated heterocycles. The Labute approximate surface area is 95.7 Å². The molecule has 0 unspecified atom stereocenters. The Morgan fingerprint density at radius 1 is 1.38 bits per heavy atom. The summed E-state index contributed by atoms with van der Waals surface area (Å²) in [5.41, 5.74) is 2.04. The maximum Gasteiger partial charge on any atom is 0.323 e. The Morgan fingerprint density at radius 3 is 2.50 bits per heavy atom. The van der Waals surface area contributed by atoms with Gasteiger partial charge in [0.05, 0.1) is 6.54 Å². The highest BCUT2D eigenvalue weighted by molar-refractivity contribution is 5.74. The normalized spacial score (nSPS) is 9.12. The number of anilines is 1. The smallest absolute Gasteiger partial charge is 0.323 e. The highest BCUT2D eigenvalue weighted by Gasteiger charge is 2.08. The second-order valence-electron chi connectivity index (χ2n) is 3.51. The van der Waals surface area contributed by atoms with Crippen LogP contribution >= 0.6 is 0 Å². The van der Waals surface area contributed by atoms with E-state index in [0.29, 0.717) is 6.54 Å². The van der Waals surface area contributed by atoms with Crippen molar-refractivity contribution in [1.29, 1.82) is 0 Å². The quantitative estimate of drug-likeness (QED) is 0.783. The van der Waals surface area contributed by atoms with Gasteiger partial charge in [0.15, 0.2) is 0 Å². The maximum absolute atomic E-state index is 10.7. The minimum absolute atomic E-state index is 0.0300. The SMILES string of the molecule is CC#CCN(CC(=O)O)c1ccc(C)cc1. The summed E-state index contributed by atoms with van der Waals surface area (Å²) in [7, 11) is 0. The molecule has 3 heteroatoms. The number of benzene rings is 1. The third kappa shape index (κ3) is 3.66. The number of hydrogen-bond donors (Lipinski definition) is 1. The molecule has 0 spiro atoms. The largest absolute Gasteiger partial charge is 0.480 e. The molecule has 1 rings (SSSR count). The summed E-state index contributed by atoms with van der Waals surface area (Å²) >= 11 is 0. The molecule has 84 valence electrons. The van der Waals surface area contributed by atoms with E-state index in [1.165, 1.54) is 0 Å². The number of hydrogen-bond acceptors (Lipinski definition) is 2. The number of aliphatic carboxylic acids is 1. The van der Waals surface area contributed by atoms with E-state index in [4.69, 9.17) is 5.11 Å². The fourth-order valence-corrected chi connectivity index (χ4v) is 1.33. The molecular formula is C13H15NO2. The lowest BCUT2D eigenvalue weighted by Crippen LogP contribution is -2.29. The van der Waals surface area contributed by atoms with Gasteiger partial charge in [0, 0.05) is 5.69 Å². The van der Waals surface area contributed by atoms with Crippen molar-refractivity contribution < 1.29 is 9.90 Å². The van der Waals surface area contributed by atoms with Gasteiger partial charge in [-0.05, 0) is 26.0 Å². The molecule has 0 aromatic heterocycles. The van der Waals surface area contributed by atoms with Crippen LogP contribution in [0.15, 0.2) is 24.3 Å². The molecule has 1 aromatic carbocycles. The van der Waals surface area contributed by atoms with Crippen LogP contribution < -0.4 is 4.90 Å². The first-order chi connectivity index (χ1) is 7.63. The Bertz CT molecular complexity index is 412. The first-order valence-electron chi connectivity index (χ1n) is 5.06. The van der Waals surface area contributed by atoms with E-state index >= 15 is 0 Å². The van der Waals surface area contributed by atoms with Crippen LogP contribution in [-0.4, -0.2) is 24.2 Å². The van der Waals surface area contributed by atoms with Crippen LogP contribution in [-0.2, 0) is 4.79 Å². The van der Waals surface area contributed by atoms with Crippen molar-refractivity contribution in [3.8, 4) is 11.8 Å². The van der Waals surface area contributed by atoms with Crippen LogP contribution in [0.1, 0.15) is 12.5 Å². The molecular weight excluding hydrogens is 202 g/mol. The van der Waals surface area contributed by atoms with Gasteiger partial charge in [-0.3, -0.25) is 4.79 Å². The lowest BCUT2D eigenvalue weighted by Gasteiger charge is -2.20. The molecule has 0 radical (unpaired) electrons. The van der Waals surface area contributed by atoms with Crippen LogP contribution in [0.4, 0.5) is 5.69 Å². The van der Waals surface area contributed by atoms with E-state index in [1.54, 1.807) is 11.8 Å². The predicted molar refractivity (Wildman–Crippen MR) is 64.5 cm³/mol. The Kier molecular flexibility index (Phi) is 4.41. The Hall–Kier alpha value is -1.95. The summed E-state index contributed by atoms with van der Waals surface area (Å²) in [4.78, 5) is 12.5. The predicted octanol–water partition coefficient (Wildman–Crippen LogP) is 1.91. The van der Waals surface area contributed by atoms with E-state index in [2.05, 4.69) is 11.8 Å². The maximum atomic E-state index is 10.7. The zero-order valence-corrected chi connectivity index (χ0v) is 9.53. The van der Waals surface area contributed by atoms with Gasteiger partial charge >= 0.3 is 5.97 Å². The zero-order valence-electron chi connectivity index (χ0n) is 9.53. The number of aryl methyl sites for hydroxylation is 1. The average Bonchev–Trinajstić information content (AvgIpc) is 2.25. The van der Waals surface area contributed by atoms with Gasteiger partial charge in [0.25, 0.3) is 0 Å². The van der Waals surface area contributed by atoms with Gasteiger partial charge in [-0.1, -0.05) is 23.6 Å². The van der Waals surface area contributed by atoms with E-state index in [9.17, 15) is 4.79 Å². The Morgan fingerprint density at radius 2 is 2.00 bits per heavy atom. The van der Waals surface area contributed by atoms with Crippen molar-refractivity contribution in [1.82, 2.24) is 0 Å². The van der Waals surface area contributed by atoms with Crippen molar-refractivity contribution in [3.05, 3.63) is 29.8 Å². The summed E-state index contributed by atoms with van der Waals surface area (Å²) in [6, 6.07) is 7.75. The van der Waals surface area contributed by atoms with E-state index in [-0.39, 0.29) is 6.54 Å². The van der Waals surface area contributed by atoms with E-state index in [0.717, 1.165) is 11.3 Å². The lowest BCUT2D eigenvalue weighted by molar-refractivity contribution is -0.135. The first kappa shape index (κ1) is 12.1. The second-order valence-corrected chi connectivity index (χ2v) is 3.51. The summed E-state index contributed by atoms with van der Waals surface area (Å²) in [6.07, 6.45) is 0. The minimum atomic E-state index is -0.849. The molecule has 3 nitrogen and oxygen atoms in total. The molecule has 16 heavy (non-hydrogen) atoms. The van der Waals surface area contributed by atoms with Crippen LogP contribution in [0.2, 0.25) is 0 Å². The summed E-state index contributed by atoms with van der Waals surface area (Å²) in [5.74, 6) is 4.80. The number of carboxylic acid groups (broad SMARTS) is 1. The van der Waals surface area contributed by atoms with Gasteiger partial charge in [0.2, 0.25) is 0 Å². The highest BCUT2D eigenvalue weighted by atomic mass is 16.4. The summed E-state index contributed by atoms with van der Waals surface area (Å²) < 4.78 is 0. The molecule has 0 aliphatic heterocycles. The van der Waals surface area contributed by atoms with E-state index < -0.39 is 5.97 Å². The van der Waals surface area contributed by atoms with Gasteiger partial charge in [-0.2, -0.15) is 0 Å². The van der Waals surface area contributed by atoms with Crippen molar-refractivity contribution in [2.45, 2.75) is 13.8 Å². The van der Waals surface area contributed by atoms with Crippen LogP contribution in [0, 0.1) is 18.8 Å². The number of rotatable bonds is 4. The highest BCUT2D eigenvalue weighted by Crippen LogP contribution is 2.14. The average molecular weight is 217 g/mol. The van der Waals surface area contributed by atoms with Gasteiger partial charge in [0.1, 0.15) is 6.54 Å². The monoisotopic (exact) mass is 217 g/mol. The molecule has 0 atom stereocenters. The van der Waals surface area contributed by atoms with Crippen LogP contribution in [0.25, 0.3) is 0 Å². The van der Waals surface area contributed by atoms with Crippen LogP contribution in [0.3, 0.4) is 0 Å². The lowest BCUT2D eigenvalue weighted by atomic mass is 10.2. The fraction of sp³-hybridized carbons (Fsp3) is 0.308. The second kappa shape index (κ2) is 5.82. The van der Waals surface area contributed by atoms with Crippen LogP contribution in [0.5, 0.6) is 0 Å². The van der Waals surface area contributed by atoms with Gasteiger partial charge in [-0.15, -0.1) is 5.92 Å². The molecule has 1 aromatic rings. The third-order valence-corrected chi connectivity index (χ3v) is 2.17. The molecule has 1 N–H and O–H groups in total. The molecule has 0 saturated carbocycles. The number of carboxylic acids is 1. The van der Waals surface area contributed by atoms with Gasteiger partial charge in [-0.25, -0.2) is 0 Å². The molecule has 0 heterocycles. The standard InChI is InChI=1S/C13H15NO2/c1-3-4-9-14(10-13(15)16)12-7-5-11(2)6-8-12/h5-8H,9-10H2,1-2H3,(H,15,16). The Balaban J connectivity index is 2.85. The van der Waals surface area contributed by atoms with Crippen molar-refractivity contribution in [2.24, 2.45) is 0 Å². The number of carbonyl (C=O) groups is 1. The molecule has 0 aliphatic carbocycles. The van der Waals surface area contributed by atoms with Crippen molar-refractivity contribution >= 4 is 11.7 Å². The first-order valence-corrected chi connectivity index (χ1v) is 5.06. The molecule has 0 aliphatic rings. The van der Waals surface area contributed by atoms with E-state index in [1.807, 2.05) is 31.2 Å².